The number of nitrogens with zero attached hydrogens (tertiary/aromatic N) is 1. The fourth-order valence-electron chi connectivity index (χ4n) is 8.46. The summed E-state index contributed by atoms with van der Waals surface area (Å²) in [4.78, 5) is 16.4. The van der Waals surface area contributed by atoms with E-state index < -0.39 is 40.7 Å². The van der Waals surface area contributed by atoms with Gasteiger partial charge in [0.1, 0.15) is 0 Å². The van der Waals surface area contributed by atoms with E-state index in [1.54, 1.807) is 13.2 Å². The summed E-state index contributed by atoms with van der Waals surface area (Å²) in [5.41, 5.74) is 0.918. The van der Waals surface area contributed by atoms with Crippen LogP contribution < -0.4 is 0 Å². The van der Waals surface area contributed by atoms with E-state index in [1.165, 1.54) is 12.1 Å². The highest BCUT2D eigenvalue weighted by Crippen LogP contribution is 2.59. The number of halogens is 3. The van der Waals surface area contributed by atoms with Gasteiger partial charge < -0.3 is 24.8 Å². The monoisotopic (exact) mass is 751 g/mol. The van der Waals surface area contributed by atoms with Crippen LogP contribution in [0.5, 0.6) is 0 Å². The average molecular weight is 752 g/mol. The third-order valence-corrected chi connectivity index (χ3v) is 11.6. The highest BCUT2D eigenvalue weighted by Gasteiger charge is 2.57. The van der Waals surface area contributed by atoms with Gasteiger partial charge in [0, 0.05) is 49.9 Å². The van der Waals surface area contributed by atoms with E-state index in [9.17, 15) is 33.3 Å². The van der Waals surface area contributed by atoms with Crippen LogP contribution in [0.4, 0.5) is 13.2 Å². The molecular formula is C44H56F3NO6. The highest BCUT2D eigenvalue weighted by atomic mass is 19.4. The molecule has 3 aliphatic rings. The molecule has 1 saturated carbocycles. The van der Waals surface area contributed by atoms with Crippen molar-refractivity contribution in [2.24, 2.45) is 5.41 Å². The summed E-state index contributed by atoms with van der Waals surface area (Å²) >= 11 is 0. The molecule has 3 aromatic carbocycles. The molecule has 0 saturated heterocycles. The van der Waals surface area contributed by atoms with E-state index in [-0.39, 0.29) is 31.2 Å². The maximum absolute atomic E-state index is 14.3. The Morgan fingerprint density at radius 1 is 1.04 bits per heavy atom. The SMILES string of the molecule is COCCCN(C[C@@H](O)COCc1ccccc1)C[C@]1(O)CC[C@H]2c3ccc(cc3C(=O)c3cccc(C(F)(F)F)c3)C[C@@H](O)CCC(C)=CCC[C@@]21C. The summed E-state index contributed by atoms with van der Waals surface area (Å²) in [6.45, 7) is 6.25. The summed E-state index contributed by atoms with van der Waals surface area (Å²) in [5, 5.41) is 34.9. The number of ether oxygens (including phenoxy) is 2. The molecule has 54 heavy (non-hydrogen) atoms. The number of aliphatic hydroxyl groups excluding tert-OH is 2. The number of hydrogen-bond acceptors (Lipinski definition) is 7. The lowest BCUT2D eigenvalue weighted by atomic mass is 9.64. The van der Waals surface area contributed by atoms with Gasteiger partial charge in [0.2, 0.25) is 0 Å². The van der Waals surface area contributed by atoms with E-state index in [4.69, 9.17) is 9.47 Å². The molecule has 2 bridgehead atoms. The van der Waals surface area contributed by atoms with Crippen molar-refractivity contribution in [1.82, 2.24) is 4.90 Å². The number of benzene rings is 3. The minimum atomic E-state index is -4.61. The number of carbonyl (C=O) groups excluding carboxylic acids is 1. The number of fused-ring (bicyclic) bond motifs is 8. The van der Waals surface area contributed by atoms with Crippen LogP contribution in [-0.4, -0.2) is 83.8 Å². The minimum Gasteiger partial charge on any atom is -0.393 e. The molecule has 5 atom stereocenters. The summed E-state index contributed by atoms with van der Waals surface area (Å²) in [7, 11) is 1.64. The van der Waals surface area contributed by atoms with Gasteiger partial charge in [-0.05, 0) is 99.1 Å². The molecule has 294 valence electrons. The first-order chi connectivity index (χ1) is 25.7. The maximum atomic E-state index is 14.3. The van der Waals surface area contributed by atoms with E-state index in [1.807, 2.05) is 42.5 Å². The second kappa shape index (κ2) is 18.5. The molecule has 0 heterocycles. The number of allylic oxidation sites excluding steroid dienone is 2. The normalized spacial score (nSPS) is 24.2. The quantitative estimate of drug-likeness (QED) is 0.0876. The Morgan fingerprint density at radius 3 is 2.56 bits per heavy atom. The predicted molar refractivity (Wildman–Crippen MR) is 203 cm³/mol. The molecule has 10 heteroatoms. The van der Waals surface area contributed by atoms with Crippen LogP contribution in [0.3, 0.4) is 0 Å². The van der Waals surface area contributed by atoms with Crippen LogP contribution in [-0.2, 0) is 28.7 Å². The Kier molecular flexibility index (Phi) is 14.3. The van der Waals surface area contributed by atoms with Crippen molar-refractivity contribution in [3.63, 3.8) is 0 Å². The van der Waals surface area contributed by atoms with Crippen LogP contribution >= 0.6 is 0 Å². The molecule has 1 fully saturated rings. The van der Waals surface area contributed by atoms with E-state index >= 15 is 0 Å². The molecule has 7 nitrogen and oxygen atoms in total. The second-order valence-corrected chi connectivity index (χ2v) is 15.6. The molecule has 0 aromatic heterocycles. The van der Waals surface area contributed by atoms with Crippen LogP contribution in [0.1, 0.15) is 103 Å². The average Bonchev–Trinajstić information content (AvgIpc) is 3.39. The zero-order valence-electron chi connectivity index (χ0n) is 31.8. The van der Waals surface area contributed by atoms with Crippen molar-refractivity contribution in [2.45, 2.75) is 102 Å². The second-order valence-electron chi connectivity index (χ2n) is 15.6. The molecule has 0 unspecified atom stereocenters. The van der Waals surface area contributed by atoms with E-state index in [2.05, 4.69) is 24.8 Å². The number of alkyl halides is 3. The largest absolute Gasteiger partial charge is 0.416 e. The standard InChI is InChI=1S/C44H56F3NO6/c1-31-10-8-20-42(2)40(19-21-43(42,52)30-48(22-9-23-53-3)27-37(50)29-54-28-32-11-5-4-6-12-32)38-18-16-33(24-36(49)17-15-31)25-39(38)41(51)34-13-7-14-35(26-34)44(45,46)47/h4-7,10-14,16,18,25-26,36-37,40,49-50,52H,8-9,15,17,19-24,27-30H2,1-3H3/t36-,37+,40-,42-,43+/m0/s1. The fraction of sp³-hybridized carbons (Fsp3) is 0.523. The zero-order chi connectivity index (χ0) is 38.9. The van der Waals surface area contributed by atoms with Gasteiger partial charge in [-0.2, -0.15) is 13.2 Å². The number of aliphatic hydroxyl groups is 3. The lowest BCUT2D eigenvalue weighted by molar-refractivity contribution is -0.137. The number of ketones is 1. The highest BCUT2D eigenvalue weighted by molar-refractivity contribution is 6.10. The van der Waals surface area contributed by atoms with Crippen molar-refractivity contribution >= 4 is 5.78 Å². The van der Waals surface area contributed by atoms with Crippen LogP contribution in [0.2, 0.25) is 0 Å². The molecule has 3 aliphatic carbocycles. The van der Waals surface area contributed by atoms with Crippen LogP contribution in [0.15, 0.2) is 84.4 Å². The summed E-state index contributed by atoms with van der Waals surface area (Å²) < 4.78 is 52.5. The molecule has 0 radical (unpaired) electrons. The lowest BCUT2D eigenvalue weighted by Gasteiger charge is -2.46. The zero-order valence-corrected chi connectivity index (χ0v) is 31.8. The maximum Gasteiger partial charge on any atom is 0.416 e. The van der Waals surface area contributed by atoms with Crippen molar-refractivity contribution in [3.05, 3.63) is 118 Å². The van der Waals surface area contributed by atoms with Gasteiger partial charge in [-0.25, -0.2) is 0 Å². The number of rotatable bonds is 14. The van der Waals surface area contributed by atoms with Gasteiger partial charge in [0.15, 0.2) is 5.78 Å². The molecular weight excluding hydrogens is 695 g/mol. The van der Waals surface area contributed by atoms with Crippen LogP contribution in [0, 0.1) is 5.41 Å². The smallest absolute Gasteiger partial charge is 0.393 e. The van der Waals surface area contributed by atoms with Crippen molar-refractivity contribution < 1.29 is 42.8 Å². The van der Waals surface area contributed by atoms with Gasteiger partial charge >= 0.3 is 6.18 Å². The number of hydrogen-bond donors (Lipinski definition) is 3. The van der Waals surface area contributed by atoms with Gasteiger partial charge in [0.25, 0.3) is 0 Å². The third-order valence-electron chi connectivity index (χ3n) is 11.6. The summed E-state index contributed by atoms with van der Waals surface area (Å²) in [5.74, 6) is -0.823. The van der Waals surface area contributed by atoms with Gasteiger partial charge in [-0.1, -0.05) is 73.2 Å². The van der Waals surface area contributed by atoms with Crippen LogP contribution in [0.25, 0.3) is 0 Å². The topological polar surface area (TPSA) is 99.5 Å². The molecule has 3 aromatic rings. The van der Waals surface area contributed by atoms with Crippen molar-refractivity contribution in [3.8, 4) is 0 Å². The Hall–Kier alpha value is -3.38. The summed E-state index contributed by atoms with van der Waals surface area (Å²) in [6.07, 6.45) is 0.532. The fourth-order valence-corrected chi connectivity index (χ4v) is 8.46. The Bertz CT molecular complexity index is 1710. The molecule has 3 N–H and O–H groups in total. The molecule has 0 amide bonds. The molecule has 0 aliphatic heterocycles. The van der Waals surface area contributed by atoms with Crippen molar-refractivity contribution in [1.29, 1.82) is 0 Å². The Labute approximate surface area is 317 Å². The predicted octanol–water partition coefficient (Wildman–Crippen LogP) is 7.89. The first-order valence-corrected chi connectivity index (χ1v) is 19.1. The first-order valence-electron chi connectivity index (χ1n) is 19.1. The third kappa shape index (κ3) is 10.5. The van der Waals surface area contributed by atoms with Gasteiger partial charge in [-0.3, -0.25) is 9.69 Å². The number of carbonyl (C=O) groups is 1. The Morgan fingerprint density at radius 2 is 1.81 bits per heavy atom. The minimum absolute atomic E-state index is 0.0637. The van der Waals surface area contributed by atoms with E-state index in [0.717, 1.165) is 28.8 Å². The molecule has 0 spiro atoms. The van der Waals surface area contributed by atoms with Crippen molar-refractivity contribution in [2.75, 3.05) is 40.0 Å². The number of methoxy groups -OCH3 is 1. The van der Waals surface area contributed by atoms with E-state index in [0.29, 0.717) is 82.3 Å². The first kappa shape index (κ1) is 41.8. The summed E-state index contributed by atoms with van der Waals surface area (Å²) in [6, 6.07) is 19.8. The lowest BCUT2D eigenvalue weighted by Crippen LogP contribution is -2.54. The van der Waals surface area contributed by atoms with Gasteiger partial charge in [-0.15, -0.1) is 0 Å². The Balaban J connectivity index is 1.49. The van der Waals surface area contributed by atoms with Gasteiger partial charge in [0.05, 0.1) is 36.6 Å². The molecule has 6 rings (SSSR count).